The third kappa shape index (κ3) is 3.48. The van der Waals surface area contributed by atoms with Crippen LogP contribution in [0.4, 0.5) is 0 Å². The van der Waals surface area contributed by atoms with Gasteiger partial charge in [-0.2, -0.15) is 0 Å². The molecule has 2 rings (SSSR count). The zero-order valence-electron chi connectivity index (χ0n) is 12.7. The number of esters is 1. The molecule has 0 saturated heterocycles. The predicted octanol–water partition coefficient (Wildman–Crippen LogP) is 0.496. The Bertz CT molecular complexity index is 577. The number of hydrogen-bond donors (Lipinski definition) is 0. The first-order valence-electron chi connectivity index (χ1n) is 6.89. The van der Waals surface area contributed by atoms with Crippen molar-refractivity contribution in [1.29, 1.82) is 0 Å². The second-order valence-corrected chi connectivity index (χ2v) is 5.36. The number of aryl methyl sites for hydroxylation is 1. The fourth-order valence-corrected chi connectivity index (χ4v) is 2.23. The van der Waals surface area contributed by atoms with E-state index in [-0.39, 0.29) is 29.8 Å². The highest BCUT2D eigenvalue weighted by Gasteiger charge is 2.47. The van der Waals surface area contributed by atoms with Crippen LogP contribution in [0, 0.1) is 5.92 Å². The van der Waals surface area contributed by atoms with Crippen LogP contribution in [0.1, 0.15) is 25.0 Å². The smallest absolute Gasteiger partial charge is 0.343 e. The Balaban J connectivity index is 2.12. The summed E-state index contributed by atoms with van der Waals surface area (Å²) in [6, 6.07) is 0. The van der Waals surface area contributed by atoms with E-state index < -0.39 is 5.97 Å². The van der Waals surface area contributed by atoms with E-state index in [2.05, 4.69) is 10.3 Å². The van der Waals surface area contributed by atoms with Crippen molar-refractivity contribution in [2.24, 2.45) is 13.0 Å². The molecular weight excluding hydrogens is 272 g/mol. The number of rotatable bonds is 6. The summed E-state index contributed by atoms with van der Waals surface area (Å²) in [5, 5.41) is 7.90. The van der Waals surface area contributed by atoms with Crippen LogP contribution in [0.25, 0.3) is 0 Å². The summed E-state index contributed by atoms with van der Waals surface area (Å²) in [7, 11) is 5.31. The summed E-state index contributed by atoms with van der Waals surface area (Å²) >= 11 is 0. The van der Waals surface area contributed by atoms with Crippen LogP contribution in [0.15, 0.2) is 18.0 Å². The van der Waals surface area contributed by atoms with Gasteiger partial charge >= 0.3 is 5.97 Å². The number of aromatic nitrogens is 3. The normalized spacial score (nSPS) is 21.0. The topological polar surface area (TPSA) is 77.3 Å². The van der Waals surface area contributed by atoms with E-state index in [1.165, 1.54) is 6.20 Å². The molecule has 7 nitrogen and oxygen atoms in total. The van der Waals surface area contributed by atoms with Gasteiger partial charge in [-0.3, -0.25) is 9.48 Å². The van der Waals surface area contributed by atoms with Crippen LogP contribution < -0.4 is 0 Å². The lowest BCUT2D eigenvalue weighted by Gasteiger charge is -2.10. The van der Waals surface area contributed by atoms with Crippen molar-refractivity contribution in [2.45, 2.75) is 19.3 Å². The molecule has 0 N–H and O–H groups in total. The Hall–Kier alpha value is -2.18. The molecule has 21 heavy (non-hydrogen) atoms. The molecule has 1 fully saturated rings. The number of carbonyl (C=O) groups excluding carboxylic acids is 2. The highest BCUT2D eigenvalue weighted by Crippen LogP contribution is 2.48. The summed E-state index contributed by atoms with van der Waals surface area (Å²) < 4.78 is 6.57. The zero-order chi connectivity index (χ0) is 15.6. The average molecular weight is 292 g/mol. The molecule has 2 atom stereocenters. The number of Topliss-reactive ketones (excluding diaryl/α,β-unsaturated/α-hetero) is 1. The summed E-state index contributed by atoms with van der Waals surface area (Å²) in [5.74, 6) is -0.915. The van der Waals surface area contributed by atoms with Gasteiger partial charge in [-0.05, 0) is 13.3 Å². The third-order valence-corrected chi connectivity index (χ3v) is 3.28. The molecule has 1 aliphatic rings. The van der Waals surface area contributed by atoms with Gasteiger partial charge < -0.3 is 9.64 Å². The van der Waals surface area contributed by atoms with Crippen molar-refractivity contribution in [3.05, 3.63) is 23.7 Å². The standard InChI is InChI=1S/C14H20N4O3/c1-5-21-14(20)11(7-17(2)3)13(19)10-6-9(10)12-8-18(4)16-15-12/h7-10H,5-6H2,1-4H3/t9-,10-/m1/s1. The fraction of sp³-hybridized carbons (Fsp3) is 0.571. The van der Waals surface area contributed by atoms with E-state index in [1.807, 2.05) is 0 Å². The van der Waals surface area contributed by atoms with Gasteiger partial charge in [-0.15, -0.1) is 5.10 Å². The maximum atomic E-state index is 12.5. The van der Waals surface area contributed by atoms with Crippen molar-refractivity contribution >= 4 is 11.8 Å². The number of carbonyl (C=O) groups is 2. The van der Waals surface area contributed by atoms with Gasteiger partial charge in [0.05, 0.1) is 12.3 Å². The van der Waals surface area contributed by atoms with Crippen LogP contribution in [-0.4, -0.2) is 52.3 Å². The van der Waals surface area contributed by atoms with Crippen LogP contribution in [0.2, 0.25) is 0 Å². The first-order valence-corrected chi connectivity index (χ1v) is 6.89. The van der Waals surface area contributed by atoms with Gasteiger partial charge in [0, 0.05) is 45.4 Å². The van der Waals surface area contributed by atoms with Gasteiger partial charge in [-0.1, -0.05) is 5.21 Å². The average Bonchev–Trinajstić information content (AvgIpc) is 3.10. The molecule has 1 aromatic rings. The Morgan fingerprint density at radius 3 is 2.76 bits per heavy atom. The SMILES string of the molecule is CCOC(=O)C(=CN(C)C)C(=O)[C@@H]1C[C@H]1c1cn(C)nn1. The van der Waals surface area contributed by atoms with E-state index in [9.17, 15) is 9.59 Å². The van der Waals surface area contributed by atoms with Crippen LogP contribution in [0.3, 0.4) is 0 Å². The van der Waals surface area contributed by atoms with Gasteiger partial charge in [0.25, 0.3) is 0 Å². The number of hydrogen-bond acceptors (Lipinski definition) is 6. The van der Waals surface area contributed by atoms with Gasteiger partial charge in [0.2, 0.25) is 0 Å². The first-order chi connectivity index (χ1) is 9.93. The molecule has 1 heterocycles. The van der Waals surface area contributed by atoms with E-state index in [0.29, 0.717) is 6.42 Å². The van der Waals surface area contributed by atoms with Crippen molar-refractivity contribution < 1.29 is 14.3 Å². The number of ether oxygens (including phenoxy) is 1. The second-order valence-electron chi connectivity index (χ2n) is 5.36. The highest BCUT2D eigenvalue weighted by molar-refractivity contribution is 6.19. The lowest BCUT2D eigenvalue weighted by atomic mass is 10.1. The van der Waals surface area contributed by atoms with Gasteiger partial charge in [-0.25, -0.2) is 4.79 Å². The molecule has 1 aliphatic carbocycles. The Morgan fingerprint density at radius 1 is 1.52 bits per heavy atom. The molecule has 1 saturated carbocycles. The molecule has 0 amide bonds. The Labute approximate surface area is 123 Å². The fourth-order valence-electron chi connectivity index (χ4n) is 2.23. The first kappa shape index (κ1) is 15.2. The second kappa shape index (κ2) is 6.07. The maximum Gasteiger partial charge on any atom is 0.343 e. The molecule has 0 radical (unpaired) electrons. The van der Waals surface area contributed by atoms with Crippen molar-refractivity contribution in [3.63, 3.8) is 0 Å². The highest BCUT2D eigenvalue weighted by atomic mass is 16.5. The predicted molar refractivity (Wildman–Crippen MR) is 75.3 cm³/mol. The van der Waals surface area contributed by atoms with Gasteiger partial charge in [0.15, 0.2) is 5.78 Å². The van der Waals surface area contributed by atoms with Crippen LogP contribution in [-0.2, 0) is 21.4 Å². The monoisotopic (exact) mass is 292 g/mol. The Morgan fingerprint density at radius 2 is 2.24 bits per heavy atom. The molecule has 0 aromatic carbocycles. The molecule has 114 valence electrons. The molecule has 1 aromatic heterocycles. The largest absolute Gasteiger partial charge is 0.462 e. The molecule has 0 unspecified atom stereocenters. The van der Waals surface area contributed by atoms with Crippen molar-refractivity contribution in [2.75, 3.05) is 20.7 Å². The molecule has 0 spiro atoms. The molecule has 0 bridgehead atoms. The molecule has 7 heteroatoms. The van der Waals surface area contributed by atoms with E-state index in [0.717, 1.165) is 5.69 Å². The molecular formula is C14H20N4O3. The summed E-state index contributed by atoms with van der Waals surface area (Å²) in [4.78, 5) is 26.1. The maximum absolute atomic E-state index is 12.5. The van der Waals surface area contributed by atoms with Crippen molar-refractivity contribution in [1.82, 2.24) is 19.9 Å². The summed E-state index contributed by atoms with van der Waals surface area (Å²) in [5.41, 5.74) is 0.891. The van der Waals surface area contributed by atoms with Crippen LogP contribution >= 0.6 is 0 Å². The lowest BCUT2D eigenvalue weighted by Crippen LogP contribution is -2.20. The lowest BCUT2D eigenvalue weighted by molar-refractivity contribution is -0.140. The third-order valence-electron chi connectivity index (χ3n) is 3.28. The van der Waals surface area contributed by atoms with E-state index >= 15 is 0 Å². The van der Waals surface area contributed by atoms with E-state index in [1.54, 1.807) is 43.8 Å². The summed E-state index contributed by atoms with van der Waals surface area (Å²) in [6.07, 6.45) is 4.02. The molecule has 0 aliphatic heterocycles. The minimum atomic E-state index is -0.569. The number of ketones is 1. The Kier molecular flexibility index (Phi) is 4.40. The van der Waals surface area contributed by atoms with Crippen molar-refractivity contribution in [3.8, 4) is 0 Å². The zero-order valence-corrected chi connectivity index (χ0v) is 12.7. The minimum Gasteiger partial charge on any atom is -0.462 e. The summed E-state index contributed by atoms with van der Waals surface area (Å²) in [6.45, 7) is 1.96. The minimum absolute atomic E-state index is 0.0474. The van der Waals surface area contributed by atoms with E-state index in [4.69, 9.17) is 4.74 Å². The quantitative estimate of drug-likeness (QED) is 0.329. The number of nitrogens with zero attached hydrogens (tertiary/aromatic N) is 4. The van der Waals surface area contributed by atoms with Gasteiger partial charge in [0.1, 0.15) is 5.57 Å². The van der Waals surface area contributed by atoms with Crippen LogP contribution in [0.5, 0.6) is 0 Å².